The zero-order valence-corrected chi connectivity index (χ0v) is 14.6. The number of hydrogen-bond acceptors (Lipinski definition) is 5. The zero-order valence-electron chi connectivity index (χ0n) is 14.6. The lowest BCUT2D eigenvalue weighted by Crippen LogP contribution is -2.50. The molecule has 0 aromatic heterocycles. The molecule has 0 N–H and O–H groups in total. The van der Waals surface area contributed by atoms with Crippen LogP contribution in [0.4, 0.5) is 10.5 Å². The molecule has 0 radical (unpaired) electrons. The summed E-state index contributed by atoms with van der Waals surface area (Å²) in [5.74, 6) is -0.333. The predicted molar refractivity (Wildman–Crippen MR) is 90.3 cm³/mol. The molecule has 2 unspecified atom stereocenters. The van der Waals surface area contributed by atoms with Crippen LogP contribution in [0.25, 0.3) is 0 Å². The first kappa shape index (κ1) is 16.6. The van der Waals surface area contributed by atoms with Crippen molar-refractivity contribution in [2.45, 2.75) is 44.9 Å². The molecule has 2 atom stereocenters. The van der Waals surface area contributed by atoms with E-state index in [1.54, 1.807) is 12.1 Å². The van der Waals surface area contributed by atoms with Gasteiger partial charge in [0, 0.05) is 24.8 Å². The van der Waals surface area contributed by atoms with Crippen LogP contribution in [-0.2, 0) is 9.47 Å². The Morgan fingerprint density at radius 2 is 1.75 bits per heavy atom. The Bertz CT molecular complexity index is 635. The van der Waals surface area contributed by atoms with E-state index in [1.165, 1.54) is 7.11 Å². The van der Waals surface area contributed by atoms with E-state index in [4.69, 9.17) is 9.47 Å². The number of piperazine rings is 1. The third kappa shape index (κ3) is 3.18. The number of nitrogens with zero attached hydrogens (tertiary/aromatic N) is 2. The van der Waals surface area contributed by atoms with Gasteiger partial charge in [0.05, 0.1) is 18.7 Å². The molecule has 0 spiro atoms. The summed E-state index contributed by atoms with van der Waals surface area (Å²) in [5, 5.41) is 0. The molecule has 1 aromatic rings. The second kappa shape index (κ2) is 6.00. The second-order valence-electron chi connectivity index (χ2n) is 7.37. The average Bonchev–Trinajstić information content (AvgIpc) is 3.13. The molecule has 2 heterocycles. The largest absolute Gasteiger partial charge is 0.465 e. The molecular weight excluding hydrogens is 308 g/mol. The molecule has 0 aliphatic carbocycles. The molecule has 6 nitrogen and oxygen atoms in total. The SMILES string of the molecule is COC(=O)c1ccc(N2CC3CC2CN3C(=O)OC(C)(C)C)cc1. The van der Waals surface area contributed by atoms with Crippen molar-refractivity contribution in [2.24, 2.45) is 0 Å². The van der Waals surface area contributed by atoms with Crippen molar-refractivity contribution in [1.82, 2.24) is 4.90 Å². The van der Waals surface area contributed by atoms with E-state index in [9.17, 15) is 9.59 Å². The Hall–Kier alpha value is -2.24. The maximum absolute atomic E-state index is 12.3. The van der Waals surface area contributed by atoms with Gasteiger partial charge in [-0.2, -0.15) is 0 Å². The van der Waals surface area contributed by atoms with E-state index < -0.39 is 5.60 Å². The summed E-state index contributed by atoms with van der Waals surface area (Å²) >= 11 is 0. The second-order valence-corrected chi connectivity index (χ2v) is 7.37. The van der Waals surface area contributed by atoms with Crippen LogP contribution in [0.3, 0.4) is 0 Å². The van der Waals surface area contributed by atoms with Crippen LogP contribution in [0.1, 0.15) is 37.6 Å². The van der Waals surface area contributed by atoms with Crippen molar-refractivity contribution >= 4 is 17.7 Å². The molecule has 6 heteroatoms. The Labute approximate surface area is 142 Å². The smallest absolute Gasteiger partial charge is 0.410 e. The molecule has 24 heavy (non-hydrogen) atoms. The minimum atomic E-state index is -0.470. The van der Waals surface area contributed by atoms with Gasteiger partial charge in [0.1, 0.15) is 5.60 Å². The van der Waals surface area contributed by atoms with E-state index in [0.29, 0.717) is 18.2 Å². The highest BCUT2D eigenvalue weighted by atomic mass is 16.6. The molecule has 2 bridgehead atoms. The van der Waals surface area contributed by atoms with Crippen LogP contribution in [0.2, 0.25) is 0 Å². The van der Waals surface area contributed by atoms with Crippen molar-refractivity contribution in [2.75, 3.05) is 25.1 Å². The Kier molecular flexibility index (Phi) is 4.15. The third-order valence-corrected chi connectivity index (χ3v) is 4.49. The topological polar surface area (TPSA) is 59.1 Å². The van der Waals surface area contributed by atoms with Gasteiger partial charge in [-0.1, -0.05) is 0 Å². The first-order chi connectivity index (χ1) is 11.3. The number of likely N-dealkylation sites (tertiary alicyclic amines) is 1. The maximum atomic E-state index is 12.3. The summed E-state index contributed by atoms with van der Waals surface area (Å²) < 4.78 is 10.2. The van der Waals surface area contributed by atoms with Gasteiger partial charge in [-0.15, -0.1) is 0 Å². The Morgan fingerprint density at radius 3 is 2.25 bits per heavy atom. The summed E-state index contributed by atoms with van der Waals surface area (Å²) in [6.45, 7) is 7.12. The van der Waals surface area contributed by atoms with Gasteiger partial charge in [-0.25, -0.2) is 9.59 Å². The zero-order chi connectivity index (χ0) is 17.5. The first-order valence-corrected chi connectivity index (χ1v) is 8.23. The number of amides is 1. The molecular formula is C18H24N2O4. The fraction of sp³-hybridized carbons (Fsp3) is 0.556. The molecule has 2 aliphatic rings. The van der Waals surface area contributed by atoms with Crippen LogP contribution in [-0.4, -0.2) is 54.8 Å². The molecule has 0 saturated carbocycles. The quantitative estimate of drug-likeness (QED) is 0.779. The van der Waals surface area contributed by atoms with Crippen molar-refractivity contribution in [3.05, 3.63) is 29.8 Å². The van der Waals surface area contributed by atoms with Gasteiger partial charge >= 0.3 is 12.1 Å². The van der Waals surface area contributed by atoms with Crippen LogP contribution in [0, 0.1) is 0 Å². The normalized spacial score (nSPS) is 22.7. The van der Waals surface area contributed by atoms with E-state index >= 15 is 0 Å². The Balaban J connectivity index is 1.65. The highest BCUT2D eigenvalue weighted by molar-refractivity contribution is 5.89. The van der Waals surface area contributed by atoms with Crippen molar-refractivity contribution in [3.8, 4) is 0 Å². The number of rotatable bonds is 2. The van der Waals surface area contributed by atoms with Crippen molar-refractivity contribution in [1.29, 1.82) is 0 Å². The summed E-state index contributed by atoms with van der Waals surface area (Å²) in [7, 11) is 1.38. The highest BCUT2D eigenvalue weighted by Crippen LogP contribution is 2.35. The van der Waals surface area contributed by atoms with E-state index in [0.717, 1.165) is 18.7 Å². The first-order valence-electron chi connectivity index (χ1n) is 8.23. The number of fused-ring (bicyclic) bond motifs is 2. The number of carbonyl (C=O) groups is 2. The lowest BCUT2D eigenvalue weighted by molar-refractivity contribution is 0.0214. The number of anilines is 1. The predicted octanol–water partition coefficient (Wildman–Crippen LogP) is 2.67. The molecule has 2 fully saturated rings. The molecule has 2 aliphatic heterocycles. The summed E-state index contributed by atoms with van der Waals surface area (Å²) in [5.41, 5.74) is 1.14. The molecule has 1 amide bonds. The molecule has 1 aromatic carbocycles. The standard InChI is InChI=1S/C18H24N2O4/c1-18(2,3)24-17(22)20-11-14-9-15(20)10-19(14)13-7-5-12(6-8-13)16(21)23-4/h5-8,14-15H,9-11H2,1-4H3. The number of ether oxygens (including phenoxy) is 2. The number of esters is 1. The number of benzene rings is 1. The van der Waals surface area contributed by atoms with Crippen molar-refractivity contribution < 1.29 is 19.1 Å². The van der Waals surface area contributed by atoms with Gasteiger partial charge in [0.25, 0.3) is 0 Å². The fourth-order valence-corrected chi connectivity index (χ4v) is 3.43. The molecule has 2 saturated heterocycles. The lowest BCUT2D eigenvalue weighted by atomic mass is 10.1. The Morgan fingerprint density at radius 1 is 1.08 bits per heavy atom. The van der Waals surface area contributed by atoms with Gasteiger partial charge in [0.2, 0.25) is 0 Å². The number of hydrogen-bond donors (Lipinski definition) is 0. The minimum absolute atomic E-state index is 0.185. The third-order valence-electron chi connectivity index (χ3n) is 4.49. The number of carbonyl (C=O) groups excluding carboxylic acids is 2. The van der Waals surface area contributed by atoms with Crippen LogP contribution < -0.4 is 4.90 Å². The van der Waals surface area contributed by atoms with Crippen LogP contribution >= 0.6 is 0 Å². The maximum Gasteiger partial charge on any atom is 0.410 e. The average molecular weight is 332 g/mol. The monoisotopic (exact) mass is 332 g/mol. The summed E-state index contributed by atoms with van der Waals surface area (Å²) in [6, 6.07) is 7.91. The lowest BCUT2D eigenvalue weighted by Gasteiger charge is -2.36. The minimum Gasteiger partial charge on any atom is -0.465 e. The van der Waals surface area contributed by atoms with Gasteiger partial charge in [0.15, 0.2) is 0 Å². The van der Waals surface area contributed by atoms with E-state index in [-0.39, 0.29) is 18.1 Å². The molecule has 3 rings (SSSR count). The summed E-state index contributed by atoms with van der Waals surface area (Å²) in [4.78, 5) is 27.9. The van der Waals surface area contributed by atoms with Gasteiger partial charge in [-0.3, -0.25) is 0 Å². The van der Waals surface area contributed by atoms with E-state index in [1.807, 2.05) is 37.8 Å². The summed E-state index contributed by atoms with van der Waals surface area (Å²) in [6.07, 6.45) is 0.730. The van der Waals surface area contributed by atoms with Crippen LogP contribution in [0.15, 0.2) is 24.3 Å². The van der Waals surface area contributed by atoms with Crippen LogP contribution in [0.5, 0.6) is 0 Å². The van der Waals surface area contributed by atoms with Gasteiger partial charge < -0.3 is 19.3 Å². The van der Waals surface area contributed by atoms with Crippen molar-refractivity contribution in [3.63, 3.8) is 0 Å². The number of methoxy groups -OCH3 is 1. The fourth-order valence-electron chi connectivity index (χ4n) is 3.43. The van der Waals surface area contributed by atoms with Gasteiger partial charge in [-0.05, 0) is 51.5 Å². The van der Waals surface area contributed by atoms with E-state index in [2.05, 4.69) is 4.90 Å². The molecule has 130 valence electrons. The highest BCUT2D eigenvalue weighted by Gasteiger charge is 2.46.